The average Bonchev–Trinajstić information content (AvgIpc) is 2.45. The Morgan fingerprint density at radius 2 is 0.762 bits per heavy atom. The summed E-state index contributed by atoms with van der Waals surface area (Å²) in [7, 11) is -0.590. The number of hydrogen-bond donors (Lipinski definition) is 0. The van der Waals surface area contributed by atoms with Gasteiger partial charge in [-0.15, -0.1) is 0 Å². The molecule has 0 unspecified atom stereocenters. The molecule has 0 saturated heterocycles. The zero-order valence-corrected chi connectivity index (χ0v) is 17.9. The van der Waals surface area contributed by atoms with Gasteiger partial charge in [0.2, 0.25) is 0 Å². The summed E-state index contributed by atoms with van der Waals surface area (Å²) in [6.07, 6.45) is 22.2. The van der Waals surface area contributed by atoms with Crippen LogP contribution in [0.4, 0.5) is 0 Å². The van der Waals surface area contributed by atoms with Gasteiger partial charge in [-0.25, -0.2) is 0 Å². The summed E-state index contributed by atoms with van der Waals surface area (Å²) in [5.74, 6) is 0. The zero-order valence-electron chi connectivity index (χ0n) is 15.4. The van der Waals surface area contributed by atoms with Crippen molar-refractivity contribution in [2.75, 3.05) is 25.2 Å². The van der Waals surface area contributed by atoms with Gasteiger partial charge < -0.3 is 17.0 Å². The molecule has 0 rings (SSSR count). The van der Waals surface area contributed by atoms with Gasteiger partial charge in [0, 0.05) is 13.9 Å². The summed E-state index contributed by atoms with van der Waals surface area (Å²) in [4.78, 5) is 0. The standard InChI is InChI=1S/C19H42P.BrH/c1-5-8-11-14-17-20(4,18-15-12-9-6-2)19-16-13-10-7-3;/h5-19H2,1-4H3;1H/q+1;/p-1. The Hall–Kier alpha value is 0.910. The molecule has 2 heteroatoms. The van der Waals surface area contributed by atoms with Crippen molar-refractivity contribution in [1.29, 1.82) is 0 Å². The van der Waals surface area contributed by atoms with Crippen molar-refractivity contribution in [3.05, 3.63) is 0 Å². The highest BCUT2D eigenvalue weighted by atomic mass is 79.9. The van der Waals surface area contributed by atoms with Crippen LogP contribution in [-0.4, -0.2) is 25.2 Å². The Morgan fingerprint density at radius 3 is 1.00 bits per heavy atom. The third-order valence-electron chi connectivity index (χ3n) is 4.65. The van der Waals surface area contributed by atoms with E-state index in [1.807, 2.05) is 0 Å². The predicted octanol–water partition coefficient (Wildman–Crippen LogP) is 4.38. The van der Waals surface area contributed by atoms with E-state index in [0.717, 1.165) is 0 Å². The molecule has 0 radical (unpaired) electrons. The molecule has 0 aromatic heterocycles. The fourth-order valence-electron chi connectivity index (χ4n) is 3.10. The summed E-state index contributed by atoms with van der Waals surface area (Å²) < 4.78 is 0. The minimum atomic E-state index is -0.590. The average molecular weight is 381 g/mol. The largest absolute Gasteiger partial charge is 1.00 e. The highest BCUT2D eigenvalue weighted by molar-refractivity contribution is 7.75. The lowest BCUT2D eigenvalue weighted by Crippen LogP contribution is -3.00. The van der Waals surface area contributed by atoms with Crippen LogP contribution in [-0.2, 0) is 0 Å². The van der Waals surface area contributed by atoms with E-state index in [-0.39, 0.29) is 17.0 Å². The van der Waals surface area contributed by atoms with E-state index in [4.69, 9.17) is 0 Å². The van der Waals surface area contributed by atoms with Crippen molar-refractivity contribution in [3.8, 4) is 0 Å². The zero-order chi connectivity index (χ0) is 15.1. The molecule has 0 aliphatic heterocycles. The highest BCUT2D eigenvalue weighted by Gasteiger charge is 2.29. The molecule has 0 atom stereocenters. The van der Waals surface area contributed by atoms with Gasteiger partial charge in [0.1, 0.15) is 0 Å². The van der Waals surface area contributed by atoms with Gasteiger partial charge in [-0.05, 0) is 38.5 Å². The number of rotatable bonds is 15. The SMILES string of the molecule is CCCCCC[P+](C)(CCCCCC)CCCCCC.[Br-]. The van der Waals surface area contributed by atoms with E-state index in [1.165, 1.54) is 77.0 Å². The second-order valence-electron chi connectivity index (χ2n) is 6.97. The molecule has 0 spiro atoms. The van der Waals surface area contributed by atoms with Gasteiger partial charge in [-0.3, -0.25) is 0 Å². The maximum Gasteiger partial charge on any atom is 0.0591 e. The Morgan fingerprint density at radius 1 is 0.476 bits per heavy atom. The lowest BCUT2D eigenvalue weighted by Gasteiger charge is -2.23. The first-order valence-corrected chi connectivity index (χ1v) is 12.3. The van der Waals surface area contributed by atoms with Crippen LogP contribution in [0.3, 0.4) is 0 Å². The van der Waals surface area contributed by atoms with Gasteiger partial charge in [-0.2, -0.15) is 0 Å². The minimum Gasteiger partial charge on any atom is -1.00 e. The fourth-order valence-corrected chi connectivity index (χ4v) is 6.73. The smallest absolute Gasteiger partial charge is 0.0591 e. The molecule has 0 aliphatic rings. The van der Waals surface area contributed by atoms with Gasteiger partial charge >= 0.3 is 0 Å². The Kier molecular flexibility index (Phi) is 19.9. The van der Waals surface area contributed by atoms with Crippen molar-refractivity contribution >= 4 is 7.26 Å². The van der Waals surface area contributed by atoms with Crippen LogP contribution in [0.5, 0.6) is 0 Å². The molecule has 130 valence electrons. The number of unbranched alkanes of at least 4 members (excludes halogenated alkanes) is 9. The van der Waals surface area contributed by atoms with E-state index >= 15 is 0 Å². The highest BCUT2D eigenvalue weighted by Crippen LogP contribution is 2.57. The number of hydrogen-bond acceptors (Lipinski definition) is 0. The van der Waals surface area contributed by atoms with Crippen molar-refractivity contribution in [2.45, 2.75) is 97.8 Å². The lowest BCUT2D eigenvalue weighted by atomic mass is 10.2. The Bertz CT molecular complexity index is 163. The van der Waals surface area contributed by atoms with Gasteiger partial charge in [0.15, 0.2) is 0 Å². The summed E-state index contributed by atoms with van der Waals surface area (Å²) in [5, 5.41) is 0. The van der Waals surface area contributed by atoms with Crippen LogP contribution < -0.4 is 17.0 Å². The van der Waals surface area contributed by atoms with Gasteiger partial charge in [0.25, 0.3) is 0 Å². The van der Waals surface area contributed by atoms with Gasteiger partial charge in [0.05, 0.1) is 18.5 Å². The first-order valence-electron chi connectivity index (χ1n) is 9.52. The van der Waals surface area contributed by atoms with E-state index in [9.17, 15) is 0 Å². The van der Waals surface area contributed by atoms with Crippen LogP contribution >= 0.6 is 7.26 Å². The molecule has 0 fully saturated rings. The monoisotopic (exact) mass is 380 g/mol. The summed E-state index contributed by atoms with van der Waals surface area (Å²) in [5.41, 5.74) is 0. The van der Waals surface area contributed by atoms with Gasteiger partial charge in [-0.1, -0.05) is 59.3 Å². The topological polar surface area (TPSA) is 0 Å². The normalized spacial score (nSPS) is 11.4. The molecule has 0 heterocycles. The fraction of sp³-hybridized carbons (Fsp3) is 1.00. The van der Waals surface area contributed by atoms with E-state index < -0.39 is 7.26 Å². The van der Waals surface area contributed by atoms with Crippen LogP contribution in [0.25, 0.3) is 0 Å². The molecule has 0 N–H and O–H groups in total. The van der Waals surface area contributed by atoms with Crippen molar-refractivity contribution in [3.63, 3.8) is 0 Å². The Balaban J connectivity index is 0. The quantitative estimate of drug-likeness (QED) is 0.292. The van der Waals surface area contributed by atoms with E-state index in [1.54, 1.807) is 18.5 Å². The summed E-state index contributed by atoms with van der Waals surface area (Å²) in [6, 6.07) is 0. The van der Waals surface area contributed by atoms with E-state index in [2.05, 4.69) is 27.4 Å². The van der Waals surface area contributed by atoms with Crippen LogP contribution in [0.2, 0.25) is 0 Å². The maximum absolute atomic E-state index is 2.69. The molecule has 0 bridgehead atoms. The van der Waals surface area contributed by atoms with E-state index in [0.29, 0.717) is 0 Å². The maximum atomic E-state index is 2.69. The number of halogens is 1. The molecule has 0 amide bonds. The third kappa shape index (κ3) is 15.6. The first-order chi connectivity index (χ1) is 9.68. The molecule has 0 saturated carbocycles. The van der Waals surface area contributed by atoms with Crippen LogP contribution in [0, 0.1) is 0 Å². The van der Waals surface area contributed by atoms with Crippen LogP contribution in [0.1, 0.15) is 97.8 Å². The molecule has 0 nitrogen and oxygen atoms in total. The molecular formula is C19H42BrP. The molecule has 0 aromatic carbocycles. The lowest BCUT2D eigenvalue weighted by molar-refractivity contribution is -0.00000472. The molecule has 0 aliphatic carbocycles. The van der Waals surface area contributed by atoms with Crippen LogP contribution in [0.15, 0.2) is 0 Å². The third-order valence-corrected chi connectivity index (χ3v) is 8.84. The molecule has 0 aromatic rings. The molecular weight excluding hydrogens is 339 g/mol. The first kappa shape index (κ1) is 24.2. The second-order valence-corrected chi connectivity index (χ2v) is 11.6. The van der Waals surface area contributed by atoms with Crippen molar-refractivity contribution in [1.82, 2.24) is 0 Å². The summed E-state index contributed by atoms with van der Waals surface area (Å²) in [6.45, 7) is 9.66. The van der Waals surface area contributed by atoms with Crippen molar-refractivity contribution < 1.29 is 17.0 Å². The Labute approximate surface area is 147 Å². The summed E-state index contributed by atoms with van der Waals surface area (Å²) >= 11 is 0. The van der Waals surface area contributed by atoms with Crippen molar-refractivity contribution in [2.24, 2.45) is 0 Å². The molecule has 21 heavy (non-hydrogen) atoms. The predicted molar refractivity (Wildman–Crippen MR) is 99.9 cm³/mol. The second kappa shape index (κ2) is 17.3. The minimum absolute atomic E-state index is 0.